The van der Waals surface area contributed by atoms with Gasteiger partial charge >= 0.3 is 12.2 Å². The number of para-hydroxylation sites is 1. The lowest BCUT2D eigenvalue weighted by Crippen LogP contribution is -2.35. The van der Waals surface area contributed by atoms with Crippen molar-refractivity contribution < 1.29 is 18.0 Å². The van der Waals surface area contributed by atoms with E-state index in [9.17, 15) is 18.0 Å². The van der Waals surface area contributed by atoms with Gasteiger partial charge in [-0.05, 0) is 37.5 Å². The molecule has 1 heterocycles. The molecule has 0 bridgehead atoms. The third-order valence-corrected chi connectivity index (χ3v) is 4.41. The van der Waals surface area contributed by atoms with Crippen molar-refractivity contribution >= 4 is 11.7 Å². The van der Waals surface area contributed by atoms with Crippen LogP contribution < -0.4 is 5.32 Å². The number of anilines is 1. The summed E-state index contributed by atoms with van der Waals surface area (Å²) in [6.07, 6.45) is -2.88. The summed E-state index contributed by atoms with van der Waals surface area (Å²) in [5.41, 5.74) is 1.05. The number of halogens is 3. The molecular weight excluding hydrogens is 329 g/mol. The molecule has 1 aliphatic heterocycles. The van der Waals surface area contributed by atoms with Crippen LogP contribution in [0.3, 0.4) is 0 Å². The van der Waals surface area contributed by atoms with Crippen LogP contribution in [0, 0.1) is 6.92 Å². The van der Waals surface area contributed by atoms with E-state index >= 15 is 0 Å². The van der Waals surface area contributed by atoms with Gasteiger partial charge in [-0.25, -0.2) is 4.79 Å². The Morgan fingerprint density at radius 1 is 1.16 bits per heavy atom. The van der Waals surface area contributed by atoms with Crippen LogP contribution in [0.25, 0.3) is 0 Å². The van der Waals surface area contributed by atoms with E-state index in [-0.39, 0.29) is 11.7 Å². The molecule has 6 heteroatoms. The highest BCUT2D eigenvalue weighted by atomic mass is 19.4. The topological polar surface area (TPSA) is 32.3 Å². The van der Waals surface area contributed by atoms with Crippen LogP contribution in [0.15, 0.2) is 48.5 Å². The molecule has 0 aromatic heterocycles. The minimum atomic E-state index is -4.51. The summed E-state index contributed by atoms with van der Waals surface area (Å²) >= 11 is 0. The number of nitrogens with one attached hydrogen (secondary N) is 1. The molecule has 3 rings (SSSR count). The maximum Gasteiger partial charge on any atom is 0.418 e. The second-order valence-electron chi connectivity index (χ2n) is 6.24. The molecule has 2 amide bonds. The molecule has 0 spiro atoms. The van der Waals surface area contributed by atoms with Gasteiger partial charge in [-0.1, -0.05) is 42.0 Å². The van der Waals surface area contributed by atoms with Gasteiger partial charge in [0.25, 0.3) is 0 Å². The van der Waals surface area contributed by atoms with Crippen molar-refractivity contribution in [3.63, 3.8) is 0 Å². The summed E-state index contributed by atoms with van der Waals surface area (Å²) in [5, 5.41) is 2.44. The first-order valence-corrected chi connectivity index (χ1v) is 8.16. The molecule has 1 atom stereocenters. The number of carbonyl (C=O) groups excluding carboxylic acids is 1. The molecule has 1 aliphatic rings. The number of nitrogens with zero attached hydrogens (tertiary/aromatic N) is 1. The van der Waals surface area contributed by atoms with Crippen molar-refractivity contribution in [3.8, 4) is 0 Å². The molecule has 3 nitrogen and oxygen atoms in total. The fourth-order valence-electron chi connectivity index (χ4n) is 3.26. The van der Waals surface area contributed by atoms with Crippen LogP contribution in [0.4, 0.5) is 23.7 Å². The fourth-order valence-corrected chi connectivity index (χ4v) is 3.26. The lowest BCUT2D eigenvalue weighted by atomic mass is 10.0. The van der Waals surface area contributed by atoms with Crippen LogP contribution in [0.1, 0.15) is 35.6 Å². The van der Waals surface area contributed by atoms with Gasteiger partial charge in [0.05, 0.1) is 17.3 Å². The largest absolute Gasteiger partial charge is 0.418 e. The van der Waals surface area contributed by atoms with Gasteiger partial charge in [-0.15, -0.1) is 0 Å². The fraction of sp³-hybridized carbons (Fsp3) is 0.316. The highest BCUT2D eigenvalue weighted by molar-refractivity contribution is 5.90. The molecule has 132 valence electrons. The average Bonchev–Trinajstić information content (AvgIpc) is 3.04. The molecule has 1 fully saturated rings. The molecular formula is C19H19F3N2O. The van der Waals surface area contributed by atoms with Crippen molar-refractivity contribution in [2.75, 3.05) is 11.9 Å². The number of alkyl halides is 3. The van der Waals surface area contributed by atoms with Crippen molar-refractivity contribution in [1.82, 2.24) is 4.90 Å². The lowest BCUT2D eigenvalue weighted by molar-refractivity contribution is -0.136. The summed E-state index contributed by atoms with van der Waals surface area (Å²) in [6.45, 7) is 2.50. The Morgan fingerprint density at radius 3 is 2.64 bits per heavy atom. The second-order valence-corrected chi connectivity index (χ2v) is 6.24. The van der Waals surface area contributed by atoms with E-state index in [0.29, 0.717) is 6.54 Å². The Balaban J connectivity index is 1.82. The summed E-state index contributed by atoms with van der Waals surface area (Å²) < 4.78 is 39.3. The smallest absolute Gasteiger partial charge is 0.317 e. The van der Waals surface area contributed by atoms with Crippen LogP contribution in [0.2, 0.25) is 0 Å². The molecule has 25 heavy (non-hydrogen) atoms. The molecule has 1 unspecified atom stereocenters. The van der Waals surface area contributed by atoms with E-state index in [1.165, 1.54) is 18.2 Å². The molecule has 2 aromatic carbocycles. The number of likely N-dealkylation sites (tertiary alicyclic amines) is 1. The predicted molar refractivity (Wildman–Crippen MR) is 90.3 cm³/mol. The molecule has 0 saturated carbocycles. The molecule has 1 saturated heterocycles. The second kappa shape index (κ2) is 6.78. The van der Waals surface area contributed by atoms with E-state index < -0.39 is 17.8 Å². The predicted octanol–water partition coefficient (Wildman–Crippen LogP) is 5.38. The number of amides is 2. The molecule has 2 aromatic rings. The van der Waals surface area contributed by atoms with E-state index in [1.54, 1.807) is 4.90 Å². The maximum absolute atomic E-state index is 13.1. The Morgan fingerprint density at radius 2 is 1.92 bits per heavy atom. The summed E-state index contributed by atoms with van der Waals surface area (Å²) in [6, 6.07) is 12.3. The van der Waals surface area contributed by atoms with Crippen LogP contribution in [-0.4, -0.2) is 17.5 Å². The number of hydrogen-bond acceptors (Lipinski definition) is 1. The third kappa shape index (κ3) is 3.78. The zero-order chi connectivity index (χ0) is 18.0. The van der Waals surface area contributed by atoms with Gasteiger partial charge in [-0.3, -0.25) is 0 Å². The highest BCUT2D eigenvalue weighted by Gasteiger charge is 2.35. The Labute approximate surface area is 144 Å². The number of hydrogen-bond donors (Lipinski definition) is 1. The summed E-state index contributed by atoms with van der Waals surface area (Å²) in [4.78, 5) is 14.2. The first kappa shape index (κ1) is 17.3. The van der Waals surface area contributed by atoms with Crippen LogP contribution >= 0.6 is 0 Å². The zero-order valence-electron chi connectivity index (χ0n) is 13.8. The Bertz CT molecular complexity index is 773. The van der Waals surface area contributed by atoms with Gasteiger partial charge in [0.15, 0.2) is 0 Å². The van der Waals surface area contributed by atoms with E-state index in [0.717, 1.165) is 30.0 Å². The van der Waals surface area contributed by atoms with Gasteiger partial charge in [0.1, 0.15) is 0 Å². The molecule has 0 aliphatic carbocycles. The summed E-state index contributed by atoms with van der Waals surface area (Å²) in [5.74, 6) is 0. The van der Waals surface area contributed by atoms with E-state index in [4.69, 9.17) is 0 Å². The Hall–Kier alpha value is -2.50. The third-order valence-electron chi connectivity index (χ3n) is 4.41. The highest BCUT2D eigenvalue weighted by Crippen LogP contribution is 2.36. The number of carbonyl (C=O) groups is 1. The zero-order valence-corrected chi connectivity index (χ0v) is 13.8. The SMILES string of the molecule is Cc1cccc(C2CCCN2C(=O)Nc2ccccc2C(F)(F)F)c1. The van der Waals surface area contributed by atoms with Crippen molar-refractivity contribution in [1.29, 1.82) is 0 Å². The standard InChI is InChI=1S/C19H19F3N2O/c1-13-6-4-7-14(12-13)17-10-5-11-24(17)18(25)23-16-9-3-2-8-15(16)19(20,21)22/h2-4,6-9,12,17H,5,10-11H2,1H3,(H,23,25). The van der Waals surface area contributed by atoms with Crippen molar-refractivity contribution in [3.05, 3.63) is 65.2 Å². The van der Waals surface area contributed by atoms with E-state index in [1.807, 2.05) is 31.2 Å². The van der Waals surface area contributed by atoms with Crippen LogP contribution in [0.5, 0.6) is 0 Å². The van der Waals surface area contributed by atoms with Crippen LogP contribution in [-0.2, 0) is 6.18 Å². The number of aryl methyl sites for hydroxylation is 1. The molecule has 1 N–H and O–H groups in total. The summed E-state index contributed by atoms with van der Waals surface area (Å²) in [7, 11) is 0. The molecule has 0 radical (unpaired) electrons. The number of urea groups is 1. The first-order valence-electron chi connectivity index (χ1n) is 8.16. The number of benzene rings is 2. The first-order chi connectivity index (χ1) is 11.9. The van der Waals surface area contributed by atoms with Gasteiger partial charge in [0.2, 0.25) is 0 Å². The minimum Gasteiger partial charge on any atom is -0.317 e. The monoisotopic (exact) mass is 348 g/mol. The normalized spacial score (nSPS) is 17.6. The van der Waals surface area contributed by atoms with Crippen molar-refractivity contribution in [2.24, 2.45) is 0 Å². The minimum absolute atomic E-state index is 0.113. The average molecular weight is 348 g/mol. The van der Waals surface area contributed by atoms with Gasteiger partial charge in [-0.2, -0.15) is 13.2 Å². The Kier molecular flexibility index (Phi) is 4.70. The maximum atomic E-state index is 13.1. The van der Waals surface area contributed by atoms with Gasteiger partial charge in [0, 0.05) is 6.54 Å². The lowest BCUT2D eigenvalue weighted by Gasteiger charge is -2.26. The quantitative estimate of drug-likeness (QED) is 0.776. The van der Waals surface area contributed by atoms with E-state index in [2.05, 4.69) is 5.32 Å². The van der Waals surface area contributed by atoms with Gasteiger partial charge < -0.3 is 10.2 Å². The van der Waals surface area contributed by atoms with Crippen molar-refractivity contribution in [2.45, 2.75) is 32.0 Å². The number of rotatable bonds is 2.